The average molecular weight is 819 g/mol. The minimum atomic E-state index is -4.69. The Morgan fingerprint density at radius 1 is 0.982 bits per heavy atom. The van der Waals surface area contributed by atoms with E-state index >= 15 is 0 Å². The summed E-state index contributed by atoms with van der Waals surface area (Å²) in [5.41, 5.74) is -0.463. The maximum absolute atomic E-state index is 14.2. The number of carboxylic acids is 1. The lowest BCUT2D eigenvalue weighted by Crippen LogP contribution is -2.56. The van der Waals surface area contributed by atoms with E-state index in [2.05, 4.69) is 16.0 Å². The molecule has 3 aromatic carbocycles. The quantitative estimate of drug-likeness (QED) is 0.0679. The second kappa shape index (κ2) is 15.9. The number of aromatic carboxylic acids is 1. The highest BCUT2D eigenvalue weighted by molar-refractivity contribution is 7.60. The summed E-state index contributed by atoms with van der Waals surface area (Å²) in [7, 11) is -6.55. The third kappa shape index (κ3) is 8.31. The molecule has 3 aliphatic rings. The van der Waals surface area contributed by atoms with Gasteiger partial charge in [0.05, 0.1) is 16.3 Å². The maximum Gasteiger partial charge on any atom is 0.547 e. The van der Waals surface area contributed by atoms with Gasteiger partial charge in [0.15, 0.2) is 11.5 Å². The zero-order chi connectivity index (χ0) is 40.6. The first-order valence-corrected chi connectivity index (χ1v) is 18.9. The van der Waals surface area contributed by atoms with Crippen molar-refractivity contribution >= 4 is 67.3 Å². The predicted molar refractivity (Wildman–Crippen MR) is 194 cm³/mol. The lowest BCUT2D eigenvalue weighted by atomic mass is 9.72. The molecule has 56 heavy (non-hydrogen) atoms. The van der Waals surface area contributed by atoms with Crippen LogP contribution in [0.4, 0.5) is 24.5 Å². The number of benzene rings is 3. The number of aromatic hydroxyl groups is 2. The van der Waals surface area contributed by atoms with E-state index in [0.717, 1.165) is 29.2 Å². The Morgan fingerprint density at radius 3 is 2.29 bits per heavy atom. The number of urea groups is 3. The Kier molecular flexibility index (Phi) is 11.4. The number of carbonyl (C=O) groups excluding carboxylic acids is 4. The zero-order valence-electron chi connectivity index (χ0n) is 29.0. The van der Waals surface area contributed by atoms with Gasteiger partial charge in [-0.2, -0.15) is 0 Å². The highest BCUT2D eigenvalue weighted by Crippen LogP contribution is 2.37. The van der Waals surface area contributed by atoms with Crippen LogP contribution >= 0.6 is 19.2 Å². The molecule has 0 radical (unpaired) electrons. The van der Waals surface area contributed by atoms with Crippen LogP contribution < -0.4 is 25.9 Å². The number of nitrogens with zero attached hydrogens (tertiary/aromatic N) is 3. The summed E-state index contributed by atoms with van der Waals surface area (Å²) in [6.07, 6.45) is 0.487. The molecular formula is C33H34BClFN6O13P. The van der Waals surface area contributed by atoms with E-state index in [-0.39, 0.29) is 65.8 Å². The number of amides is 7. The summed E-state index contributed by atoms with van der Waals surface area (Å²) in [5.74, 6) is -6.39. The molecule has 7 amide bonds. The number of nitrogens with one attached hydrogen (secondary N) is 3. The zero-order valence-corrected chi connectivity index (χ0v) is 30.6. The fourth-order valence-corrected chi connectivity index (χ4v) is 7.46. The van der Waals surface area contributed by atoms with E-state index in [9.17, 15) is 63.1 Å². The molecule has 0 aliphatic carbocycles. The molecule has 9 N–H and O–H groups in total. The summed E-state index contributed by atoms with van der Waals surface area (Å²) in [6, 6.07) is 4.87. The Morgan fingerprint density at radius 2 is 1.66 bits per heavy atom. The highest BCUT2D eigenvalue weighted by atomic mass is 35.5. The number of imide groups is 1. The average Bonchev–Trinajstić information content (AvgIpc) is 3.53. The number of fused-ring (bicyclic) bond motifs is 1. The standard InChI is InChI=1S/C33H34BClFN6O13P/c35-21-14-18(15-23(43)27(21)44)37-31(48)40-9-7-19(8-10-40)41-11-12-42(33(41)50)32(49)39-26(16-1-4-20(5-2-16)56(52,53)54)29(45)38-24-13-17-3-6-22(36)25(30(46)47)28(17)55-34(24)51/h1-6,14-15,19,24,26,43-44,51H,7-13H2,(H,37,48)(H,38,45)(H,39,49)(H,46,47)(H2,52,53,54). The van der Waals surface area contributed by atoms with Gasteiger partial charge < -0.3 is 60.5 Å². The van der Waals surface area contributed by atoms with Crippen LogP contribution in [0.5, 0.6) is 17.2 Å². The Labute approximate surface area is 321 Å². The van der Waals surface area contributed by atoms with Crippen LogP contribution in [0, 0.1) is 5.82 Å². The molecule has 0 saturated carbocycles. The molecule has 23 heteroatoms. The maximum atomic E-state index is 14.2. The van der Waals surface area contributed by atoms with E-state index < -0.39 is 85.3 Å². The number of anilines is 1. The molecule has 2 saturated heterocycles. The van der Waals surface area contributed by atoms with E-state index in [1.807, 2.05) is 0 Å². The first kappa shape index (κ1) is 40.1. The minimum absolute atomic E-state index is 0.0360. The van der Waals surface area contributed by atoms with Gasteiger partial charge >= 0.3 is 38.8 Å². The molecule has 0 aromatic heterocycles. The van der Waals surface area contributed by atoms with Crippen molar-refractivity contribution in [1.29, 1.82) is 0 Å². The fraction of sp³-hybridized carbons (Fsp3) is 0.303. The largest absolute Gasteiger partial charge is 0.547 e. The van der Waals surface area contributed by atoms with Crippen molar-refractivity contribution in [2.24, 2.45) is 0 Å². The topological polar surface area (TPSA) is 279 Å². The molecule has 6 rings (SSSR count). The number of carbonyl (C=O) groups is 5. The summed E-state index contributed by atoms with van der Waals surface area (Å²) in [6.45, 7) is 0.512. The number of phenols is 2. The van der Waals surface area contributed by atoms with Crippen LogP contribution in [0.2, 0.25) is 5.02 Å². The molecule has 0 spiro atoms. The Hall–Kier alpha value is -5.60. The summed E-state index contributed by atoms with van der Waals surface area (Å²) >= 11 is 5.87. The van der Waals surface area contributed by atoms with E-state index in [1.165, 1.54) is 34.1 Å². The van der Waals surface area contributed by atoms with Crippen LogP contribution in [0.3, 0.4) is 0 Å². The van der Waals surface area contributed by atoms with Crippen molar-refractivity contribution in [3.8, 4) is 17.2 Å². The van der Waals surface area contributed by atoms with Crippen LogP contribution in [0.15, 0.2) is 48.5 Å². The highest BCUT2D eigenvalue weighted by Gasteiger charge is 2.42. The summed E-state index contributed by atoms with van der Waals surface area (Å²) < 4.78 is 31.3. The molecule has 296 valence electrons. The molecular weight excluding hydrogens is 785 g/mol. The molecule has 2 atom stereocenters. The van der Waals surface area contributed by atoms with Gasteiger partial charge in [-0.05, 0) is 54.7 Å². The van der Waals surface area contributed by atoms with Crippen molar-refractivity contribution in [3.63, 3.8) is 0 Å². The lowest BCUT2D eigenvalue weighted by Gasteiger charge is -2.36. The van der Waals surface area contributed by atoms with Crippen molar-refractivity contribution in [3.05, 3.63) is 76.1 Å². The normalized spacial score (nSPS) is 17.9. The lowest BCUT2D eigenvalue weighted by molar-refractivity contribution is -0.123. The van der Waals surface area contributed by atoms with Gasteiger partial charge in [0.1, 0.15) is 23.2 Å². The van der Waals surface area contributed by atoms with E-state index in [4.69, 9.17) is 16.3 Å². The molecule has 3 heterocycles. The van der Waals surface area contributed by atoms with Gasteiger partial charge in [-0.3, -0.25) is 9.36 Å². The van der Waals surface area contributed by atoms with Crippen molar-refractivity contribution in [1.82, 2.24) is 25.3 Å². The van der Waals surface area contributed by atoms with Gasteiger partial charge in [-0.15, -0.1) is 0 Å². The van der Waals surface area contributed by atoms with Gasteiger partial charge in [0, 0.05) is 44.0 Å². The third-order valence-electron chi connectivity index (χ3n) is 9.62. The molecule has 2 unspecified atom stereocenters. The molecule has 2 fully saturated rings. The second-order valence-electron chi connectivity index (χ2n) is 13.2. The van der Waals surface area contributed by atoms with Gasteiger partial charge in [0.25, 0.3) is 0 Å². The number of halogens is 2. The van der Waals surface area contributed by atoms with Crippen LogP contribution in [0.25, 0.3) is 0 Å². The minimum Gasteiger partial charge on any atom is -0.534 e. The number of likely N-dealkylation sites (tertiary alicyclic amines) is 1. The smallest absolute Gasteiger partial charge is 0.534 e. The first-order valence-electron chi connectivity index (χ1n) is 16.9. The number of hydrogen-bond acceptors (Lipinski definition) is 10. The van der Waals surface area contributed by atoms with Crippen molar-refractivity contribution < 1.29 is 67.7 Å². The van der Waals surface area contributed by atoms with E-state index in [1.54, 1.807) is 0 Å². The first-order chi connectivity index (χ1) is 26.4. The Balaban J connectivity index is 1.12. The second-order valence-corrected chi connectivity index (χ2v) is 15.2. The third-order valence-corrected chi connectivity index (χ3v) is 10.9. The Bertz CT molecular complexity index is 2110. The van der Waals surface area contributed by atoms with Crippen LogP contribution in [-0.2, 0) is 15.8 Å². The number of rotatable bonds is 8. The van der Waals surface area contributed by atoms with E-state index in [0.29, 0.717) is 12.8 Å². The van der Waals surface area contributed by atoms with Gasteiger partial charge in [-0.25, -0.2) is 28.5 Å². The fourth-order valence-electron chi connectivity index (χ4n) is 6.71. The summed E-state index contributed by atoms with van der Waals surface area (Å²) in [5, 5.41) is 46.6. The number of piperidine rings is 1. The van der Waals surface area contributed by atoms with Crippen LogP contribution in [0.1, 0.15) is 40.4 Å². The van der Waals surface area contributed by atoms with Gasteiger partial charge in [-0.1, -0.05) is 29.8 Å². The van der Waals surface area contributed by atoms with Crippen molar-refractivity contribution in [2.75, 3.05) is 31.5 Å². The van der Waals surface area contributed by atoms with Crippen molar-refractivity contribution in [2.45, 2.75) is 37.3 Å². The monoisotopic (exact) mass is 818 g/mol. The summed E-state index contributed by atoms with van der Waals surface area (Å²) in [4.78, 5) is 88.4. The van der Waals surface area contributed by atoms with Crippen LogP contribution in [-0.4, -0.2) is 120 Å². The predicted octanol–water partition coefficient (Wildman–Crippen LogP) is 1.72. The number of hydrogen-bond donors (Lipinski definition) is 9. The molecule has 19 nitrogen and oxygen atoms in total. The number of carboxylic acid groups (broad SMARTS) is 1. The van der Waals surface area contributed by atoms with Gasteiger partial charge in [0.2, 0.25) is 5.91 Å². The molecule has 3 aromatic rings. The molecule has 3 aliphatic heterocycles. The SMILES string of the molecule is O=C(O)c1c(F)ccc2c1OB(O)C(NC(=O)C(NC(=O)N1CCN(C3CCN(C(=O)Nc4cc(O)c(O)c(Cl)c4)CC3)C1=O)c1ccc(P(=O)(O)O)cc1)C2. The molecule has 0 bridgehead atoms. The number of phenolic OH excluding ortho intramolecular Hbond substituents is 2.